The number of nitrogens with zero attached hydrogens (tertiary/aromatic N) is 2. The molecule has 3 aromatic rings. The van der Waals surface area contributed by atoms with Crippen molar-refractivity contribution < 1.29 is 23.1 Å². The van der Waals surface area contributed by atoms with Gasteiger partial charge in [0, 0.05) is 12.3 Å². The summed E-state index contributed by atoms with van der Waals surface area (Å²) in [6.45, 7) is 3.51. The van der Waals surface area contributed by atoms with Crippen LogP contribution in [0.2, 0.25) is 0 Å². The van der Waals surface area contributed by atoms with E-state index in [4.69, 9.17) is 13.9 Å². The summed E-state index contributed by atoms with van der Waals surface area (Å²) in [6.07, 6.45) is 0. The van der Waals surface area contributed by atoms with Crippen LogP contribution in [-0.4, -0.2) is 35.9 Å². The van der Waals surface area contributed by atoms with Crippen LogP contribution in [0.4, 0.5) is 21.8 Å². The van der Waals surface area contributed by atoms with Gasteiger partial charge in [0.1, 0.15) is 18.2 Å². The Morgan fingerprint density at radius 2 is 1.89 bits per heavy atom. The summed E-state index contributed by atoms with van der Waals surface area (Å²) in [7, 11) is 0. The Hall–Kier alpha value is -3.46. The van der Waals surface area contributed by atoms with Gasteiger partial charge in [-0.05, 0) is 43.3 Å². The predicted molar refractivity (Wildman–Crippen MR) is 100 cm³/mol. The van der Waals surface area contributed by atoms with E-state index in [1.165, 1.54) is 12.1 Å². The van der Waals surface area contributed by atoms with Crippen LogP contribution in [0, 0.1) is 5.82 Å². The fourth-order valence-corrected chi connectivity index (χ4v) is 2.23. The molecule has 0 unspecified atom stereocenters. The molecule has 1 heterocycles. The predicted octanol–water partition coefficient (Wildman–Crippen LogP) is 3.62. The molecule has 9 heteroatoms. The molecule has 1 aromatic heterocycles. The minimum absolute atomic E-state index is 0.0895. The Bertz CT molecular complexity index is 914. The van der Waals surface area contributed by atoms with Gasteiger partial charge >= 0.3 is 17.8 Å². The maximum absolute atomic E-state index is 13.6. The standard InChI is InChI=1S/C19H19FN4O4/c1-2-26-11-12-27-14-9-7-13(8-10-14)21-17(25)18-23-24-19(28-18)22-16-6-4-3-5-15(16)20/h3-10H,2,11-12H2,1H3,(H,21,25)(H,22,24). The Labute approximate surface area is 160 Å². The largest absolute Gasteiger partial charge is 0.491 e. The summed E-state index contributed by atoms with van der Waals surface area (Å²) in [5.41, 5.74) is 0.696. The molecule has 8 nitrogen and oxygen atoms in total. The molecule has 0 atom stereocenters. The van der Waals surface area contributed by atoms with E-state index in [9.17, 15) is 9.18 Å². The number of nitrogens with one attached hydrogen (secondary N) is 2. The van der Waals surface area contributed by atoms with Crippen LogP contribution >= 0.6 is 0 Å². The van der Waals surface area contributed by atoms with Crippen LogP contribution in [0.3, 0.4) is 0 Å². The first-order chi connectivity index (χ1) is 13.7. The van der Waals surface area contributed by atoms with Crippen molar-refractivity contribution in [3.05, 3.63) is 60.2 Å². The van der Waals surface area contributed by atoms with Crippen LogP contribution in [-0.2, 0) is 4.74 Å². The first-order valence-corrected chi connectivity index (χ1v) is 8.62. The zero-order valence-electron chi connectivity index (χ0n) is 15.1. The second-order valence-electron chi connectivity index (χ2n) is 5.54. The molecule has 0 spiro atoms. The molecular formula is C19H19FN4O4. The van der Waals surface area contributed by atoms with Gasteiger partial charge in [0.2, 0.25) is 0 Å². The lowest BCUT2D eigenvalue weighted by molar-refractivity contribution is 0.0991. The van der Waals surface area contributed by atoms with Crippen molar-refractivity contribution in [2.45, 2.75) is 6.92 Å². The summed E-state index contributed by atoms with van der Waals surface area (Å²) in [6, 6.07) is 12.7. The van der Waals surface area contributed by atoms with E-state index in [2.05, 4.69) is 20.8 Å². The monoisotopic (exact) mass is 386 g/mol. The third-order valence-electron chi connectivity index (χ3n) is 3.55. The molecule has 0 saturated carbocycles. The van der Waals surface area contributed by atoms with Crippen molar-refractivity contribution in [3.63, 3.8) is 0 Å². The lowest BCUT2D eigenvalue weighted by Gasteiger charge is -2.07. The van der Waals surface area contributed by atoms with Gasteiger partial charge in [0.05, 0.1) is 12.3 Å². The molecule has 0 aliphatic carbocycles. The summed E-state index contributed by atoms with van der Waals surface area (Å²) < 4.78 is 29.6. The third kappa shape index (κ3) is 5.27. The number of halogens is 1. The minimum Gasteiger partial charge on any atom is -0.491 e. The Balaban J connectivity index is 1.55. The van der Waals surface area contributed by atoms with E-state index >= 15 is 0 Å². The fraction of sp³-hybridized carbons (Fsp3) is 0.211. The van der Waals surface area contributed by atoms with E-state index < -0.39 is 11.7 Å². The maximum atomic E-state index is 13.6. The Morgan fingerprint density at radius 1 is 1.11 bits per heavy atom. The molecule has 0 saturated heterocycles. The zero-order chi connectivity index (χ0) is 19.8. The average molecular weight is 386 g/mol. The fourth-order valence-electron chi connectivity index (χ4n) is 2.23. The van der Waals surface area contributed by atoms with Crippen LogP contribution in [0.5, 0.6) is 5.75 Å². The van der Waals surface area contributed by atoms with Crippen LogP contribution in [0.15, 0.2) is 52.9 Å². The average Bonchev–Trinajstić information content (AvgIpc) is 3.17. The van der Waals surface area contributed by atoms with Gasteiger partial charge in [0.15, 0.2) is 0 Å². The van der Waals surface area contributed by atoms with Crippen molar-refractivity contribution in [1.82, 2.24) is 10.2 Å². The molecule has 3 rings (SSSR count). The lowest BCUT2D eigenvalue weighted by Crippen LogP contribution is -2.12. The highest BCUT2D eigenvalue weighted by molar-refractivity contribution is 6.00. The molecule has 2 aromatic carbocycles. The second-order valence-corrected chi connectivity index (χ2v) is 5.54. The van der Waals surface area contributed by atoms with Crippen molar-refractivity contribution >= 4 is 23.3 Å². The summed E-state index contributed by atoms with van der Waals surface area (Å²) in [5, 5.41) is 12.6. The SMILES string of the molecule is CCOCCOc1ccc(NC(=O)c2nnc(Nc3ccccc3F)o2)cc1. The summed E-state index contributed by atoms with van der Waals surface area (Å²) in [4.78, 5) is 12.2. The van der Waals surface area contributed by atoms with E-state index in [0.29, 0.717) is 31.3 Å². The van der Waals surface area contributed by atoms with Gasteiger partial charge in [-0.25, -0.2) is 4.39 Å². The van der Waals surface area contributed by atoms with Crippen molar-refractivity contribution in [1.29, 1.82) is 0 Å². The Morgan fingerprint density at radius 3 is 2.64 bits per heavy atom. The number of benzene rings is 2. The molecule has 146 valence electrons. The quantitative estimate of drug-likeness (QED) is 0.542. The molecule has 0 bridgehead atoms. The number of hydrogen-bond donors (Lipinski definition) is 2. The molecular weight excluding hydrogens is 367 g/mol. The first kappa shape index (κ1) is 19.3. The van der Waals surface area contributed by atoms with Gasteiger partial charge in [0.25, 0.3) is 0 Å². The van der Waals surface area contributed by atoms with Crippen molar-refractivity contribution in [2.75, 3.05) is 30.5 Å². The number of para-hydroxylation sites is 1. The first-order valence-electron chi connectivity index (χ1n) is 8.62. The van der Waals surface area contributed by atoms with E-state index in [1.807, 2.05) is 6.92 Å². The molecule has 28 heavy (non-hydrogen) atoms. The van der Waals surface area contributed by atoms with Gasteiger partial charge < -0.3 is 24.5 Å². The van der Waals surface area contributed by atoms with Gasteiger partial charge in [-0.2, -0.15) is 0 Å². The third-order valence-corrected chi connectivity index (χ3v) is 3.55. The number of carbonyl (C=O) groups excluding carboxylic acids is 1. The topological polar surface area (TPSA) is 98.5 Å². The summed E-state index contributed by atoms with van der Waals surface area (Å²) >= 11 is 0. The number of carbonyl (C=O) groups is 1. The number of rotatable bonds is 9. The summed E-state index contributed by atoms with van der Waals surface area (Å²) in [5.74, 6) is -0.655. The van der Waals surface area contributed by atoms with Crippen LogP contribution < -0.4 is 15.4 Å². The lowest BCUT2D eigenvalue weighted by atomic mass is 10.3. The van der Waals surface area contributed by atoms with E-state index in [1.54, 1.807) is 36.4 Å². The molecule has 1 amide bonds. The molecule has 0 aliphatic heterocycles. The number of aromatic nitrogens is 2. The maximum Gasteiger partial charge on any atom is 0.320 e. The van der Waals surface area contributed by atoms with Gasteiger partial charge in [-0.15, -0.1) is 5.10 Å². The van der Waals surface area contributed by atoms with Crippen LogP contribution in [0.25, 0.3) is 0 Å². The molecule has 0 fully saturated rings. The van der Waals surface area contributed by atoms with Crippen molar-refractivity contribution in [3.8, 4) is 5.75 Å². The highest BCUT2D eigenvalue weighted by Crippen LogP contribution is 2.19. The van der Waals surface area contributed by atoms with Crippen LogP contribution in [0.1, 0.15) is 17.6 Å². The molecule has 0 radical (unpaired) electrons. The van der Waals surface area contributed by atoms with Crippen molar-refractivity contribution in [2.24, 2.45) is 0 Å². The smallest absolute Gasteiger partial charge is 0.320 e. The highest BCUT2D eigenvalue weighted by Gasteiger charge is 2.16. The van der Waals surface area contributed by atoms with Gasteiger partial charge in [-0.1, -0.05) is 17.2 Å². The number of hydrogen-bond acceptors (Lipinski definition) is 7. The normalized spacial score (nSPS) is 10.5. The number of ether oxygens (including phenoxy) is 2. The van der Waals surface area contributed by atoms with E-state index in [-0.39, 0.29) is 17.6 Å². The van der Waals surface area contributed by atoms with E-state index in [0.717, 1.165) is 0 Å². The molecule has 0 aliphatic rings. The number of anilines is 3. The second kappa shape index (κ2) is 9.47. The van der Waals surface area contributed by atoms with Gasteiger partial charge in [-0.3, -0.25) is 4.79 Å². The minimum atomic E-state index is -0.584. The molecule has 2 N–H and O–H groups in total. The highest BCUT2D eigenvalue weighted by atomic mass is 19.1. The Kier molecular flexibility index (Phi) is 6.53. The number of amides is 1. The zero-order valence-corrected chi connectivity index (χ0v) is 15.1.